The van der Waals surface area contributed by atoms with Crippen molar-refractivity contribution in [3.8, 4) is 0 Å². The summed E-state index contributed by atoms with van der Waals surface area (Å²) in [6, 6.07) is 1.38. The predicted octanol–water partition coefficient (Wildman–Crippen LogP) is 0.426. The smallest absolute Gasteiger partial charge is 0.261 e. The molecule has 7 nitrogen and oxygen atoms in total. The van der Waals surface area contributed by atoms with Crippen LogP contribution in [0.15, 0.2) is 25.0 Å². The Labute approximate surface area is 110 Å². The van der Waals surface area contributed by atoms with Crippen molar-refractivity contribution in [3.63, 3.8) is 0 Å². The zero-order valence-corrected chi connectivity index (χ0v) is 11.0. The molecular formula is C8HBr2N3O4. The lowest BCUT2D eigenvalue weighted by atomic mass is 10.2. The molecule has 0 fully saturated rings. The molecule has 0 unspecified atom stereocenters. The number of rotatable bonds is 1. The van der Waals surface area contributed by atoms with E-state index < -0.39 is 22.4 Å². The molecule has 1 aromatic carbocycles. The number of fused-ring (bicyclic) bond motifs is 1. The van der Waals surface area contributed by atoms with Gasteiger partial charge < -0.3 is 0 Å². The van der Waals surface area contributed by atoms with Gasteiger partial charge in [-0.1, -0.05) is 0 Å². The van der Waals surface area contributed by atoms with Gasteiger partial charge in [-0.3, -0.25) is 19.7 Å². The van der Waals surface area contributed by atoms with Crippen molar-refractivity contribution in [3.05, 3.63) is 35.8 Å². The van der Waals surface area contributed by atoms with Crippen molar-refractivity contribution in [1.29, 1.82) is 0 Å². The SMILES string of the molecule is O=C1N=c2cc(Br)c(Br)c([N+](=O)[O-])c2=NC1=O. The maximum atomic E-state index is 11.1. The van der Waals surface area contributed by atoms with Crippen molar-refractivity contribution in [2.75, 3.05) is 0 Å². The summed E-state index contributed by atoms with van der Waals surface area (Å²) in [5.74, 6) is -2.16. The Morgan fingerprint density at radius 1 is 1.18 bits per heavy atom. The Bertz CT molecular complexity index is 698. The van der Waals surface area contributed by atoms with Gasteiger partial charge in [-0.25, -0.2) is 4.99 Å². The third-order valence-corrected chi connectivity index (χ3v) is 3.91. The second kappa shape index (κ2) is 4.08. The zero-order valence-electron chi connectivity index (χ0n) is 7.81. The Morgan fingerprint density at radius 2 is 1.76 bits per heavy atom. The van der Waals surface area contributed by atoms with Crippen LogP contribution in [0.25, 0.3) is 0 Å². The number of amides is 2. The fourth-order valence-electron chi connectivity index (χ4n) is 1.26. The molecule has 0 aromatic heterocycles. The number of hydrogen-bond acceptors (Lipinski definition) is 4. The zero-order chi connectivity index (χ0) is 12.7. The molecule has 0 saturated carbocycles. The maximum Gasteiger partial charge on any atom is 0.338 e. The Kier molecular flexibility index (Phi) is 2.87. The summed E-state index contributed by atoms with van der Waals surface area (Å²) in [7, 11) is 0. The van der Waals surface area contributed by atoms with E-state index in [2.05, 4.69) is 41.8 Å². The Morgan fingerprint density at radius 3 is 2.35 bits per heavy atom. The second-order valence-corrected chi connectivity index (χ2v) is 4.63. The van der Waals surface area contributed by atoms with Gasteiger partial charge in [0.2, 0.25) is 0 Å². The molecule has 2 amide bonds. The van der Waals surface area contributed by atoms with Crippen molar-refractivity contribution in [2.45, 2.75) is 0 Å². The van der Waals surface area contributed by atoms with Crippen molar-refractivity contribution >= 4 is 49.4 Å². The average Bonchev–Trinajstić information content (AvgIpc) is 2.23. The molecule has 0 saturated heterocycles. The van der Waals surface area contributed by atoms with Crippen molar-refractivity contribution in [2.24, 2.45) is 9.98 Å². The summed E-state index contributed by atoms with van der Waals surface area (Å²) < 4.78 is 0.492. The molecule has 0 aliphatic carbocycles. The number of nitro benzene ring substituents is 1. The van der Waals surface area contributed by atoms with E-state index in [1.165, 1.54) is 6.07 Å². The summed E-state index contributed by atoms with van der Waals surface area (Å²) in [6.07, 6.45) is 0. The van der Waals surface area contributed by atoms with Gasteiger partial charge >= 0.3 is 17.5 Å². The lowest BCUT2D eigenvalue weighted by Crippen LogP contribution is -2.36. The molecule has 0 radical (unpaired) electrons. The Hall–Kier alpha value is -1.48. The van der Waals surface area contributed by atoms with Crippen LogP contribution in [0.4, 0.5) is 5.69 Å². The van der Waals surface area contributed by atoms with Gasteiger partial charge in [0.15, 0.2) is 5.36 Å². The minimum Gasteiger partial charge on any atom is -0.261 e. The van der Waals surface area contributed by atoms with Crippen LogP contribution in [0.1, 0.15) is 0 Å². The molecular weight excluding hydrogens is 362 g/mol. The van der Waals surface area contributed by atoms with E-state index in [0.29, 0.717) is 4.47 Å². The first-order valence-corrected chi connectivity index (χ1v) is 5.68. The summed E-state index contributed by atoms with van der Waals surface area (Å²) >= 11 is 6.09. The maximum absolute atomic E-state index is 11.1. The van der Waals surface area contributed by atoms with E-state index >= 15 is 0 Å². The number of halogens is 2. The highest BCUT2D eigenvalue weighted by Crippen LogP contribution is 2.28. The number of carbonyl (C=O) groups is 2. The molecule has 86 valence electrons. The van der Waals surface area contributed by atoms with Gasteiger partial charge in [-0.2, -0.15) is 4.99 Å². The van der Waals surface area contributed by atoms with Gasteiger partial charge in [0.05, 0.1) is 4.92 Å². The number of nitrogens with zero attached hydrogens (tertiary/aromatic N) is 3. The van der Waals surface area contributed by atoms with E-state index in [1.54, 1.807) is 0 Å². The predicted molar refractivity (Wildman–Crippen MR) is 60.8 cm³/mol. The van der Waals surface area contributed by atoms with Gasteiger partial charge in [0, 0.05) is 4.47 Å². The highest BCUT2D eigenvalue weighted by Gasteiger charge is 2.25. The second-order valence-electron chi connectivity index (χ2n) is 2.98. The van der Waals surface area contributed by atoms with Crippen LogP contribution < -0.4 is 10.7 Å². The molecule has 2 rings (SSSR count). The molecule has 1 aliphatic rings. The van der Waals surface area contributed by atoms with Gasteiger partial charge in [-0.15, -0.1) is 0 Å². The lowest BCUT2D eigenvalue weighted by molar-refractivity contribution is -0.387. The van der Waals surface area contributed by atoms with E-state index in [4.69, 9.17) is 0 Å². The van der Waals surface area contributed by atoms with E-state index in [0.717, 1.165) is 0 Å². The van der Waals surface area contributed by atoms with Crippen LogP contribution in [0, 0.1) is 10.1 Å². The van der Waals surface area contributed by atoms with E-state index in [9.17, 15) is 19.7 Å². The third kappa shape index (κ3) is 1.91. The first kappa shape index (κ1) is 12.0. The van der Waals surface area contributed by atoms with Gasteiger partial charge in [0.1, 0.15) is 9.83 Å². The Balaban J connectivity index is 3.02. The van der Waals surface area contributed by atoms with Crippen LogP contribution in [-0.2, 0) is 9.59 Å². The summed E-state index contributed by atoms with van der Waals surface area (Å²) in [5.41, 5.74) is -0.404. The third-order valence-electron chi connectivity index (χ3n) is 1.95. The first-order chi connectivity index (χ1) is 7.91. The minimum atomic E-state index is -1.12. The molecule has 0 atom stereocenters. The molecule has 1 aliphatic heterocycles. The van der Waals surface area contributed by atoms with Crippen LogP contribution in [0.2, 0.25) is 0 Å². The molecule has 0 N–H and O–H groups in total. The van der Waals surface area contributed by atoms with Crippen LogP contribution in [0.5, 0.6) is 0 Å². The van der Waals surface area contributed by atoms with Crippen LogP contribution in [-0.4, -0.2) is 16.7 Å². The fourth-order valence-corrected chi connectivity index (χ4v) is 2.11. The molecule has 9 heteroatoms. The highest BCUT2D eigenvalue weighted by atomic mass is 79.9. The summed E-state index contributed by atoms with van der Waals surface area (Å²) in [6.45, 7) is 0. The molecule has 1 heterocycles. The van der Waals surface area contributed by atoms with Crippen molar-refractivity contribution < 1.29 is 14.5 Å². The molecule has 0 spiro atoms. The normalized spacial score (nSPS) is 13.8. The van der Waals surface area contributed by atoms with Gasteiger partial charge in [-0.05, 0) is 37.9 Å². The van der Waals surface area contributed by atoms with E-state index in [-0.39, 0.29) is 15.2 Å². The van der Waals surface area contributed by atoms with Gasteiger partial charge in [0.25, 0.3) is 0 Å². The number of carbonyl (C=O) groups excluding carboxylic acids is 2. The fraction of sp³-hybridized carbons (Fsp3) is 0. The molecule has 0 bridgehead atoms. The standard InChI is InChI=1S/C8HBr2N3O4/c9-2-1-3-5(6(4(2)10)13(16)17)12-8(15)7(14)11-3/h1H. The number of hydrogen-bond donors (Lipinski definition) is 0. The number of nitro groups is 1. The first-order valence-electron chi connectivity index (χ1n) is 4.10. The van der Waals surface area contributed by atoms with Crippen LogP contribution >= 0.6 is 31.9 Å². The van der Waals surface area contributed by atoms with Crippen LogP contribution in [0.3, 0.4) is 0 Å². The largest absolute Gasteiger partial charge is 0.338 e. The number of benzene rings is 1. The molecule has 1 aromatic rings. The monoisotopic (exact) mass is 361 g/mol. The lowest BCUT2D eigenvalue weighted by Gasteiger charge is -2.02. The highest BCUT2D eigenvalue weighted by molar-refractivity contribution is 9.13. The average molecular weight is 363 g/mol. The topological polar surface area (TPSA) is 102 Å². The van der Waals surface area contributed by atoms with Crippen molar-refractivity contribution in [1.82, 2.24) is 0 Å². The quantitative estimate of drug-likeness (QED) is 0.410. The van der Waals surface area contributed by atoms with E-state index in [1.807, 2.05) is 0 Å². The minimum absolute atomic E-state index is 0.00336. The summed E-state index contributed by atoms with van der Waals surface area (Å²) in [5, 5.41) is 10.7. The summed E-state index contributed by atoms with van der Waals surface area (Å²) in [4.78, 5) is 39.1. The molecule has 17 heavy (non-hydrogen) atoms.